The largest absolute Gasteiger partial charge is 0.399 e. The highest BCUT2D eigenvalue weighted by Crippen LogP contribution is 2.27. The number of nitrogens with two attached hydrogens (primary N) is 1. The third kappa shape index (κ3) is 4.46. The number of hydrogen-bond donors (Lipinski definition) is 2. The van der Waals surface area contributed by atoms with E-state index in [-0.39, 0.29) is 5.91 Å². The summed E-state index contributed by atoms with van der Waals surface area (Å²) in [6.45, 7) is 1.96. The van der Waals surface area contributed by atoms with E-state index in [1.54, 1.807) is 11.8 Å². The molecule has 104 valence electrons. The van der Waals surface area contributed by atoms with Crippen molar-refractivity contribution in [3.63, 3.8) is 0 Å². The van der Waals surface area contributed by atoms with Gasteiger partial charge in [0.1, 0.15) is 0 Å². The van der Waals surface area contributed by atoms with Crippen molar-refractivity contribution in [1.29, 1.82) is 0 Å². The van der Waals surface area contributed by atoms with Crippen LogP contribution in [0.25, 0.3) is 0 Å². The highest BCUT2D eigenvalue weighted by atomic mass is 32.2. The second-order valence-electron chi connectivity index (χ2n) is 5.29. The number of hydrogen-bond acceptors (Lipinski definition) is 3. The third-order valence-electron chi connectivity index (χ3n) is 3.59. The van der Waals surface area contributed by atoms with Gasteiger partial charge in [0.15, 0.2) is 0 Å². The van der Waals surface area contributed by atoms with Crippen LogP contribution in [-0.4, -0.2) is 17.4 Å². The number of thioether (sulfide) groups is 1. The third-order valence-corrected chi connectivity index (χ3v) is 4.76. The van der Waals surface area contributed by atoms with E-state index < -0.39 is 0 Å². The van der Waals surface area contributed by atoms with Crippen molar-refractivity contribution >= 4 is 29.0 Å². The van der Waals surface area contributed by atoms with Gasteiger partial charge in [-0.25, -0.2) is 0 Å². The highest BCUT2D eigenvalue weighted by Gasteiger charge is 2.15. The smallest absolute Gasteiger partial charge is 0.234 e. The van der Waals surface area contributed by atoms with Crippen LogP contribution >= 0.6 is 11.8 Å². The predicted molar refractivity (Wildman–Crippen MR) is 83.5 cm³/mol. The minimum atomic E-state index is 0.0795. The molecule has 3 nitrogen and oxygen atoms in total. The van der Waals surface area contributed by atoms with Crippen molar-refractivity contribution in [2.24, 2.45) is 5.92 Å². The van der Waals surface area contributed by atoms with Crippen LogP contribution in [0.3, 0.4) is 0 Å². The molecule has 4 heteroatoms. The zero-order valence-corrected chi connectivity index (χ0v) is 12.3. The summed E-state index contributed by atoms with van der Waals surface area (Å²) in [6, 6.07) is 5.56. The molecule has 1 saturated carbocycles. The summed E-state index contributed by atoms with van der Waals surface area (Å²) in [7, 11) is 0. The van der Waals surface area contributed by atoms with E-state index in [9.17, 15) is 4.79 Å². The van der Waals surface area contributed by atoms with Crippen LogP contribution < -0.4 is 11.1 Å². The van der Waals surface area contributed by atoms with E-state index in [1.807, 2.05) is 25.1 Å². The molecule has 0 bridgehead atoms. The first kappa shape index (κ1) is 14.3. The maximum atomic E-state index is 11.9. The topological polar surface area (TPSA) is 55.1 Å². The zero-order chi connectivity index (χ0) is 13.7. The molecule has 0 aromatic heterocycles. The number of anilines is 2. The second-order valence-corrected chi connectivity index (χ2v) is 6.32. The molecule has 1 aliphatic rings. The standard InChI is InChI=1S/C15H22N2OS/c1-11-8-13(16)6-7-14(11)17-15(18)10-19-9-12-4-2-3-5-12/h6-8,12H,2-5,9-10,16H2,1H3,(H,17,18). The predicted octanol–water partition coefficient (Wildman–Crippen LogP) is 3.44. The fourth-order valence-electron chi connectivity index (χ4n) is 2.51. The molecular formula is C15H22N2OS. The van der Waals surface area contributed by atoms with Gasteiger partial charge in [0.05, 0.1) is 5.75 Å². The molecular weight excluding hydrogens is 256 g/mol. The van der Waals surface area contributed by atoms with Crippen molar-refractivity contribution in [3.05, 3.63) is 23.8 Å². The molecule has 0 radical (unpaired) electrons. The number of amides is 1. The molecule has 0 saturated heterocycles. The molecule has 0 unspecified atom stereocenters. The minimum absolute atomic E-state index is 0.0795. The maximum absolute atomic E-state index is 11.9. The van der Waals surface area contributed by atoms with Crippen molar-refractivity contribution in [3.8, 4) is 0 Å². The first-order valence-corrected chi connectivity index (χ1v) is 8.04. The van der Waals surface area contributed by atoms with Gasteiger partial charge in [-0.05, 0) is 55.2 Å². The van der Waals surface area contributed by atoms with E-state index in [0.29, 0.717) is 5.75 Å². The van der Waals surface area contributed by atoms with E-state index >= 15 is 0 Å². The Morgan fingerprint density at radius 3 is 2.84 bits per heavy atom. The Morgan fingerprint density at radius 2 is 2.16 bits per heavy atom. The lowest BCUT2D eigenvalue weighted by Crippen LogP contribution is -2.16. The van der Waals surface area contributed by atoms with Gasteiger partial charge in [-0.1, -0.05) is 12.8 Å². The van der Waals surface area contributed by atoms with Crippen LogP contribution in [0.1, 0.15) is 31.2 Å². The summed E-state index contributed by atoms with van der Waals surface area (Å²) in [6.07, 6.45) is 5.40. The molecule has 0 spiro atoms. The molecule has 1 aliphatic carbocycles. The Morgan fingerprint density at radius 1 is 1.42 bits per heavy atom. The minimum Gasteiger partial charge on any atom is -0.399 e. The van der Waals surface area contributed by atoms with Gasteiger partial charge in [0.25, 0.3) is 0 Å². The molecule has 0 atom stereocenters. The van der Waals surface area contributed by atoms with Crippen molar-refractivity contribution < 1.29 is 4.79 Å². The van der Waals surface area contributed by atoms with Crippen molar-refractivity contribution in [1.82, 2.24) is 0 Å². The SMILES string of the molecule is Cc1cc(N)ccc1NC(=O)CSCC1CCCC1. The molecule has 19 heavy (non-hydrogen) atoms. The Balaban J connectivity index is 1.74. The molecule has 1 aromatic carbocycles. The number of carbonyl (C=O) groups is 1. The van der Waals surface area contributed by atoms with Gasteiger partial charge in [-0.3, -0.25) is 4.79 Å². The lowest BCUT2D eigenvalue weighted by atomic mass is 10.1. The summed E-state index contributed by atoms with van der Waals surface area (Å²) in [5, 5.41) is 2.95. The van der Waals surface area contributed by atoms with Gasteiger partial charge < -0.3 is 11.1 Å². The van der Waals surface area contributed by atoms with Crippen LogP contribution in [0.4, 0.5) is 11.4 Å². The van der Waals surface area contributed by atoms with Crippen LogP contribution in [-0.2, 0) is 4.79 Å². The Hall–Kier alpha value is -1.16. The average molecular weight is 278 g/mol. The summed E-state index contributed by atoms with van der Waals surface area (Å²) >= 11 is 1.75. The van der Waals surface area contributed by atoms with E-state index in [1.165, 1.54) is 25.7 Å². The Bertz CT molecular complexity index is 442. The molecule has 1 amide bonds. The molecule has 0 aliphatic heterocycles. The summed E-state index contributed by atoms with van der Waals surface area (Å²) in [5.74, 6) is 2.57. The van der Waals surface area contributed by atoms with Crippen molar-refractivity contribution in [2.75, 3.05) is 22.6 Å². The average Bonchev–Trinajstić information content (AvgIpc) is 2.86. The number of carbonyl (C=O) groups excluding carboxylic acids is 1. The zero-order valence-electron chi connectivity index (χ0n) is 11.4. The quantitative estimate of drug-likeness (QED) is 0.811. The summed E-state index contributed by atoms with van der Waals surface area (Å²) in [4.78, 5) is 11.9. The lowest BCUT2D eigenvalue weighted by molar-refractivity contribution is -0.113. The lowest BCUT2D eigenvalue weighted by Gasteiger charge is -2.10. The highest BCUT2D eigenvalue weighted by molar-refractivity contribution is 7.99. The van der Waals surface area contributed by atoms with Gasteiger partial charge >= 0.3 is 0 Å². The monoisotopic (exact) mass is 278 g/mol. The fourth-order valence-corrected chi connectivity index (χ4v) is 3.55. The molecule has 2 rings (SSSR count). The van der Waals surface area contributed by atoms with Gasteiger partial charge in [0, 0.05) is 11.4 Å². The molecule has 0 heterocycles. The fraction of sp³-hybridized carbons (Fsp3) is 0.533. The summed E-state index contributed by atoms with van der Waals surface area (Å²) in [5.41, 5.74) is 8.29. The summed E-state index contributed by atoms with van der Waals surface area (Å²) < 4.78 is 0. The first-order chi connectivity index (χ1) is 9.15. The van der Waals surface area contributed by atoms with Crippen LogP contribution in [0.15, 0.2) is 18.2 Å². The van der Waals surface area contributed by atoms with Gasteiger partial charge in [-0.2, -0.15) is 11.8 Å². The molecule has 3 N–H and O–H groups in total. The number of aryl methyl sites for hydroxylation is 1. The van der Waals surface area contributed by atoms with Crippen LogP contribution in [0, 0.1) is 12.8 Å². The van der Waals surface area contributed by atoms with Crippen LogP contribution in [0.2, 0.25) is 0 Å². The van der Waals surface area contributed by atoms with Crippen molar-refractivity contribution in [2.45, 2.75) is 32.6 Å². The number of benzene rings is 1. The normalized spacial score (nSPS) is 15.6. The van der Waals surface area contributed by atoms with E-state index in [2.05, 4.69) is 5.32 Å². The van der Waals surface area contributed by atoms with E-state index in [4.69, 9.17) is 5.73 Å². The Kier molecular flexibility index (Phi) is 5.14. The maximum Gasteiger partial charge on any atom is 0.234 e. The first-order valence-electron chi connectivity index (χ1n) is 6.89. The van der Waals surface area contributed by atoms with Gasteiger partial charge in [0.2, 0.25) is 5.91 Å². The molecule has 1 fully saturated rings. The number of nitrogen functional groups attached to an aromatic ring is 1. The van der Waals surface area contributed by atoms with Gasteiger partial charge in [-0.15, -0.1) is 0 Å². The van der Waals surface area contributed by atoms with E-state index in [0.717, 1.165) is 28.6 Å². The second kappa shape index (κ2) is 6.85. The Labute approximate surface area is 119 Å². The molecule has 1 aromatic rings. The number of rotatable bonds is 5. The number of nitrogens with one attached hydrogen (secondary N) is 1. The van der Waals surface area contributed by atoms with Crippen LogP contribution in [0.5, 0.6) is 0 Å².